The highest BCUT2D eigenvalue weighted by Crippen LogP contribution is 2.13. The lowest BCUT2D eigenvalue weighted by Crippen LogP contribution is -2.43. The van der Waals surface area contributed by atoms with Gasteiger partial charge in [0.25, 0.3) is 0 Å². The fourth-order valence-electron chi connectivity index (χ4n) is 2.44. The van der Waals surface area contributed by atoms with Crippen LogP contribution < -0.4 is 10.6 Å². The molecular weight excluding hydrogens is 443 g/mol. The molecule has 6 heteroatoms. The monoisotopic (exact) mass is 472 g/mol. The number of benzene rings is 1. The number of guanidine groups is 1. The molecule has 2 N–H and O–H groups in total. The van der Waals surface area contributed by atoms with Crippen LogP contribution in [0, 0.1) is 0 Å². The topological polar surface area (TPSA) is 49.3 Å². The van der Waals surface area contributed by atoms with E-state index in [4.69, 9.17) is 0 Å². The molecule has 1 unspecified atom stereocenters. The van der Waals surface area contributed by atoms with Crippen LogP contribution in [0.2, 0.25) is 0 Å². The lowest BCUT2D eigenvalue weighted by Gasteiger charge is -2.17. The summed E-state index contributed by atoms with van der Waals surface area (Å²) >= 11 is 1.80. The average molecular weight is 472 g/mol. The molecule has 1 aromatic carbocycles. The number of nitrogens with one attached hydrogen (secondary N) is 2. The van der Waals surface area contributed by atoms with Crippen molar-refractivity contribution in [2.75, 3.05) is 13.6 Å². The first kappa shape index (κ1) is 21.9. The second-order valence-corrected chi connectivity index (χ2v) is 7.09. The van der Waals surface area contributed by atoms with Crippen molar-refractivity contribution in [3.05, 3.63) is 52.0 Å². The zero-order valence-corrected chi connectivity index (χ0v) is 18.4. The van der Waals surface area contributed by atoms with Gasteiger partial charge in [-0.25, -0.2) is 4.98 Å². The van der Waals surface area contributed by atoms with Gasteiger partial charge in [0.05, 0.1) is 5.01 Å². The molecule has 0 spiro atoms. The molecule has 25 heavy (non-hydrogen) atoms. The Morgan fingerprint density at radius 3 is 2.64 bits per heavy atom. The van der Waals surface area contributed by atoms with Crippen LogP contribution in [0.3, 0.4) is 0 Å². The SMILES string of the molecule is CCc1cnc(CCNC(=NC)NC(C)CCc2ccccc2)s1.I. The summed E-state index contributed by atoms with van der Waals surface area (Å²) in [5.41, 5.74) is 1.38. The molecular formula is C19H29IN4S. The molecule has 0 saturated carbocycles. The molecule has 0 saturated heterocycles. The Kier molecular flexibility index (Phi) is 10.7. The van der Waals surface area contributed by atoms with Gasteiger partial charge in [0.2, 0.25) is 0 Å². The van der Waals surface area contributed by atoms with E-state index in [9.17, 15) is 0 Å². The molecule has 4 nitrogen and oxygen atoms in total. The van der Waals surface area contributed by atoms with Crippen LogP contribution in [-0.4, -0.2) is 30.6 Å². The van der Waals surface area contributed by atoms with Crippen LogP contribution in [0.4, 0.5) is 0 Å². The maximum Gasteiger partial charge on any atom is 0.191 e. The first-order valence-electron chi connectivity index (χ1n) is 8.66. The first-order chi connectivity index (χ1) is 11.7. The van der Waals surface area contributed by atoms with Crippen LogP contribution >= 0.6 is 35.3 Å². The van der Waals surface area contributed by atoms with Gasteiger partial charge in [-0.15, -0.1) is 35.3 Å². The van der Waals surface area contributed by atoms with Gasteiger partial charge in [0.1, 0.15) is 0 Å². The molecule has 0 bridgehead atoms. The van der Waals surface area contributed by atoms with Gasteiger partial charge in [0.15, 0.2) is 5.96 Å². The summed E-state index contributed by atoms with van der Waals surface area (Å²) in [6.07, 6.45) is 6.14. The second-order valence-electron chi connectivity index (χ2n) is 5.89. The number of rotatable bonds is 8. The predicted octanol–water partition coefficient (Wildman–Crippen LogP) is 4.05. The van der Waals surface area contributed by atoms with Gasteiger partial charge >= 0.3 is 0 Å². The van der Waals surface area contributed by atoms with Crippen molar-refractivity contribution in [1.29, 1.82) is 0 Å². The highest BCUT2D eigenvalue weighted by molar-refractivity contribution is 14.0. The fourth-order valence-corrected chi connectivity index (χ4v) is 3.30. The summed E-state index contributed by atoms with van der Waals surface area (Å²) in [6, 6.07) is 11.0. The third-order valence-corrected chi connectivity index (χ3v) is 5.10. The summed E-state index contributed by atoms with van der Waals surface area (Å²) in [7, 11) is 1.82. The largest absolute Gasteiger partial charge is 0.356 e. The van der Waals surface area contributed by atoms with Crippen LogP contribution in [0.25, 0.3) is 0 Å². The van der Waals surface area contributed by atoms with E-state index >= 15 is 0 Å². The normalized spacial score (nSPS) is 12.4. The van der Waals surface area contributed by atoms with Gasteiger partial charge in [-0.05, 0) is 31.7 Å². The smallest absolute Gasteiger partial charge is 0.191 e. The maximum absolute atomic E-state index is 4.45. The fraction of sp³-hybridized carbons (Fsp3) is 0.474. The van der Waals surface area contributed by atoms with E-state index in [0.717, 1.165) is 38.2 Å². The lowest BCUT2D eigenvalue weighted by molar-refractivity contribution is 0.593. The van der Waals surface area contributed by atoms with Gasteiger partial charge < -0.3 is 10.6 Å². The third-order valence-electron chi connectivity index (χ3n) is 3.90. The molecule has 0 aliphatic carbocycles. The van der Waals surface area contributed by atoms with E-state index in [-0.39, 0.29) is 24.0 Å². The van der Waals surface area contributed by atoms with Crippen molar-refractivity contribution >= 4 is 41.3 Å². The molecule has 0 aliphatic rings. The van der Waals surface area contributed by atoms with Crippen molar-refractivity contribution in [2.45, 2.75) is 45.6 Å². The van der Waals surface area contributed by atoms with E-state index in [2.05, 4.69) is 64.8 Å². The Hall–Kier alpha value is -1.15. The molecule has 1 atom stereocenters. The molecule has 138 valence electrons. The predicted molar refractivity (Wildman–Crippen MR) is 119 cm³/mol. The highest BCUT2D eigenvalue weighted by Gasteiger charge is 2.06. The zero-order chi connectivity index (χ0) is 17.2. The van der Waals surface area contributed by atoms with Crippen LogP contribution in [0.1, 0.15) is 35.7 Å². The number of aryl methyl sites for hydroxylation is 2. The Morgan fingerprint density at radius 1 is 1.24 bits per heavy atom. The molecule has 1 heterocycles. The van der Waals surface area contributed by atoms with Crippen molar-refractivity contribution in [3.8, 4) is 0 Å². The Labute approximate surface area is 172 Å². The number of aliphatic imine (C=N–C) groups is 1. The van der Waals surface area contributed by atoms with E-state index in [1.165, 1.54) is 15.4 Å². The first-order valence-corrected chi connectivity index (χ1v) is 9.47. The van der Waals surface area contributed by atoms with E-state index < -0.39 is 0 Å². The van der Waals surface area contributed by atoms with Gasteiger partial charge in [-0.1, -0.05) is 37.3 Å². The van der Waals surface area contributed by atoms with Crippen molar-refractivity contribution in [3.63, 3.8) is 0 Å². The Balaban J connectivity index is 0.00000312. The Morgan fingerprint density at radius 2 is 2.00 bits per heavy atom. The van der Waals surface area contributed by atoms with Crippen molar-refractivity contribution in [1.82, 2.24) is 15.6 Å². The lowest BCUT2D eigenvalue weighted by atomic mass is 10.1. The van der Waals surface area contributed by atoms with Gasteiger partial charge in [0, 0.05) is 37.1 Å². The molecule has 0 radical (unpaired) electrons. The van der Waals surface area contributed by atoms with Crippen LogP contribution in [-0.2, 0) is 19.3 Å². The quantitative estimate of drug-likeness (QED) is 0.346. The minimum Gasteiger partial charge on any atom is -0.356 e. The molecule has 0 aliphatic heterocycles. The minimum atomic E-state index is 0. The highest BCUT2D eigenvalue weighted by atomic mass is 127. The Bertz CT molecular complexity index is 627. The number of aromatic nitrogens is 1. The van der Waals surface area contributed by atoms with Crippen LogP contribution in [0.5, 0.6) is 0 Å². The number of halogens is 1. The zero-order valence-electron chi connectivity index (χ0n) is 15.3. The molecule has 2 aromatic rings. The standard InChI is InChI=1S/C19H28N4S.HI/c1-4-17-14-22-18(24-17)12-13-21-19(20-3)23-15(2)10-11-16-8-6-5-7-9-16;/h5-9,14-15H,4,10-13H2,1-3H3,(H2,20,21,23);1H. The van der Waals surface area contributed by atoms with Crippen molar-refractivity contribution in [2.24, 2.45) is 4.99 Å². The summed E-state index contributed by atoms with van der Waals surface area (Å²) in [4.78, 5) is 10.1. The number of hydrogen-bond donors (Lipinski definition) is 2. The van der Waals surface area contributed by atoms with E-state index in [1.807, 2.05) is 13.2 Å². The maximum atomic E-state index is 4.45. The molecule has 0 fully saturated rings. The average Bonchev–Trinajstić information content (AvgIpc) is 3.08. The van der Waals surface area contributed by atoms with E-state index in [0.29, 0.717) is 6.04 Å². The molecule has 0 amide bonds. The second kappa shape index (κ2) is 12.2. The number of nitrogens with zero attached hydrogens (tertiary/aromatic N) is 2. The number of hydrogen-bond acceptors (Lipinski definition) is 3. The van der Waals surface area contributed by atoms with Gasteiger partial charge in [-0.3, -0.25) is 4.99 Å². The van der Waals surface area contributed by atoms with Crippen molar-refractivity contribution < 1.29 is 0 Å². The van der Waals surface area contributed by atoms with Gasteiger partial charge in [-0.2, -0.15) is 0 Å². The van der Waals surface area contributed by atoms with Crippen LogP contribution in [0.15, 0.2) is 41.5 Å². The number of thiazole rings is 1. The molecule has 2 rings (SSSR count). The molecule has 1 aromatic heterocycles. The minimum absolute atomic E-state index is 0. The summed E-state index contributed by atoms with van der Waals surface area (Å²) in [6.45, 7) is 5.21. The summed E-state index contributed by atoms with van der Waals surface area (Å²) in [5.74, 6) is 0.864. The third kappa shape index (κ3) is 8.18. The summed E-state index contributed by atoms with van der Waals surface area (Å²) < 4.78 is 0. The van der Waals surface area contributed by atoms with E-state index in [1.54, 1.807) is 11.3 Å². The summed E-state index contributed by atoms with van der Waals surface area (Å²) in [5, 5.41) is 8.03.